The van der Waals surface area contributed by atoms with Crippen molar-refractivity contribution in [2.24, 2.45) is 5.73 Å². The fraction of sp³-hybridized carbons (Fsp3) is 0.250. The van der Waals surface area contributed by atoms with Crippen LogP contribution in [0.25, 0.3) is 0 Å². The van der Waals surface area contributed by atoms with Gasteiger partial charge in [0.1, 0.15) is 23.7 Å². The van der Waals surface area contributed by atoms with Gasteiger partial charge in [-0.1, -0.05) is 24.3 Å². The van der Waals surface area contributed by atoms with Gasteiger partial charge in [-0.05, 0) is 35.4 Å². The smallest absolute Gasteiger partial charge is 0.243 e. The Hall–Kier alpha value is -3.29. The van der Waals surface area contributed by atoms with Crippen LogP contribution in [0.15, 0.2) is 48.5 Å². The summed E-state index contributed by atoms with van der Waals surface area (Å²) in [5.41, 5.74) is 6.47. The molecule has 6 nitrogen and oxygen atoms in total. The van der Waals surface area contributed by atoms with Crippen LogP contribution in [0.3, 0.4) is 0 Å². The molecule has 0 saturated heterocycles. The van der Waals surface area contributed by atoms with E-state index in [1.807, 2.05) is 0 Å². The number of amides is 3. The lowest BCUT2D eigenvalue weighted by atomic mass is 10.0. The van der Waals surface area contributed by atoms with Gasteiger partial charge in [-0.3, -0.25) is 14.4 Å². The number of carbonyl (C=O) groups excluding carboxylic acids is 3. The molecular weight excluding hydrogens is 368 g/mol. The molecule has 0 heterocycles. The summed E-state index contributed by atoms with van der Waals surface area (Å²) in [7, 11) is 0. The van der Waals surface area contributed by atoms with E-state index in [0.29, 0.717) is 11.1 Å². The Morgan fingerprint density at radius 3 is 2.11 bits per heavy atom. The third kappa shape index (κ3) is 6.46. The van der Waals surface area contributed by atoms with Crippen LogP contribution in [0.4, 0.5) is 8.78 Å². The lowest BCUT2D eigenvalue weighted by Gasteiger charge is -2.22. The number of hydrogen-bond acceptors (Lipinski definition) is 3. The lowest BCUT2D eigenvalue weighted by molar-refractivity contribution is -0.130. The summed E-state index contributed by atoms with van der Waals surface area (Å²) >= 11 is 0. The highest BCUT2D eigenvalue weighted by Gasteiger charge is 2.25. The van der Waals surface area contributed by atoms with Crippen molar-refractivity contribution < 1.29 is 23.2 Å². The minimum Gasteiger partial charge on any atom is -0.368 e. The van der Waals surface area contributed by atoms with Crippen molar-refractivity contribution >= 4 is 17.7 Å². The van der Waals surface area contributed by atoms with Crippen LogP contribution in [0.2, 0.25) is 0 Å². The largest absolute Gasteiger partial charge is 0.368 e. The summed E-state index contributed by atoms with van der Waals surface area (Å²) in [5, 5.41) is 5.00. The third-order valence-corrected chi connectivity index (χ3v) is 4.04. The normalized spacial score (nSPS) is 12.7. The molecule has 0 fully saturated rings. The van der Waals surface area contributed by atoms with E-state index in [1.165, 1.54) is 49.4 Å². The van der Waals surface area contributed by atoms with Gasteiger partial charge in [0.15, 0.2) is 0 Å². The molecule has 2 aromatic carbocycles. The van der Waals surface area contributed by atoms with Gasteiger partial charge < -0.3 is 16.4 Å². The van der Waals surface area contributed by atoms with E-state index >= 15 is 0 Å². The Morgan fingerprint density at radius 2 is 1.54 bits per heavy atom. The molecule has 4 N–H and O–H groups in total. The first-order valence-corrected chi connectivity index (χ1v) is 8.60. The SMILES string of the molecule is CC(=O)N[C@H](Cc1ccc(F)cc1)C(=O)N[C@H](Cc1cccc(F)c1)C(N)=O. The van der Waals surface area contributed by atoms with Crippen LogP contribution in [-0.4, -0.2) is 29.8 Å². The molecule has 0 saturated carbocycles. The molecule has 2 atom stereocenters. The second-order valence-electron chi connectivity index (χ2n) is 6.38. The van der Waals surface area contributed by atoms with E-state index in [-0.39, 0.29) is 12.8 Å². The van der Waals surface area contributed by atoms with Gasteiger partial charge in [-0.15, -0.1) is 0 Å². The first-order chi connectivity index (χ1) is 13.2. The first kappa shape index (κ1) is 21.0. The Balaban J connectivity index is 2.12. The average molecular weight is 389 g/mol. The van der Waals surface area contributed by atoms with Crippen molar-refractivity contribution in [1.82, 2.24) is 10.6 Å². The molecule has 0 radical (unpaired) electrons. The summed E-state index contributed by atoms with van der Waals surface area (Å²) in [6, 6.07) is 9.00. The van der Waals surface area contributed by atoms with Crippen molar-refractivity contribution in [1.29, 1.82) is 0 Å². The highest BCUT2D eigenvalue weighted by Crippen LogP contribution is 2.09. The molecule has 28 heavy (non-hydrogen) atoms. The fourth-order valence-electron chi connectivity index (χ4n) is 2.71. The molecule has 0 aliphatic carbocycles. The number of carbonyl (C=O) groups is 3. The standard InChI is InChI=1S/C20H21F2N3O3/c1-12(26)24-18(10-13-5-7-15(21)8-6-13)20(28)25-17(19(23)27)11-14-3-2-4-16(22)9-14/h2-9,17-18H,10-11H2,1H3,(H2,23,27)(H,24,26)(H,25,28)/t17-,18-/m1/s1. The van der Waals surface area contributed by atoms with Crippen LogP contribution in [0.1, 0.15) is 18.1 Å². The molecule has 3 amide bonds. The summed E-state index contributed by atoms with van der Waals surface area (Å²) < 4.78 is 26.4. The summed E-state index contributed by atoms with van der Waals surface area (Å²) in [4.78, 5) is 35.9. The molecule has 2 aromatic rings. The minimum absolute atomic E-state index is 0.00216. The first-order valence-electron chi connectivity index (χ1n) is 8.60. The minimum atomic E-state index is -1.08. The fourth-order valence-corrected chi connectivity index (χ4v) is 2.71. The number of nitrogens with one attached hydrogen (secondary N) is 2. The van der Waals surface area contributed by atoms with Gasteiger partial charge in [0.2, 0.25) is 17.7 Å². The molecule has 0 unspecified atom stereocenters. The lowest BCUT2D eigenvalue weighted by Crippen LogP contribution is -2.54. The van der Waals surface area contributed by atoms with Crippen molar-refractivity contribution in [3.05, 3.63) is 71.3 Å². The zero-order valence-electron chi connectivity index (χ0n) is 15.2. The Morgan fingerprint density at radius 1 is 0.893 bits per heavy atom. The van der Waals surface area contributed by atoms with Crippen molar-refractivity contribution in [2.75, 3.05) is 0 Å². The maximum absolute atomic E-state index is 13.3. The number of halogens is 2. The van der Waals surface area contributed by atoms with Gasteiger partial charge in [0.05, 0.1) is 0 Å². The quantitative estimate of drug-likeness (QED) is 0.633. The second kappa shape index (κ2) is 9.59. The summed E-state index contributed by atoms with van der Waals surface area (Å²) in [6.07, 6.45) is 0.0965. The van der Waals surface area contributed by atoms with Crippen LogP contribution >= 0.6 is 0 Å². The molecule has 0 spiro atoms. The summed E-state index contributed by atoms with van der Waals surface area (Å²) in [6.45, 7) is 1.25. The number of benzene rings is 2. The predicted octanol–water partition coefficient (Wildman–Crippen LogP) is 1.22. The zero-order valence-corrected chi connectivity index (χ0v) is 15.2. The number of hydrogen-bond donors (Lipinski definition) is 3. The van der Waals surface area contributed by atoms with Gasteiger partial charge in [0, 0.05) is 19.8 Å². The zero-order chi connectivity index (χ0) is 20.7. The Bertz CT molecular complexity index is 856. The number of primary amides is 1. The summed E-state index contributed by atoms with van der Waals surface area (Å²) in [5.74, 6) is -2.75. The van der Waals surface area contributed by atoms with Crippen molar-refractivity contribution in [3.63, 3.8) is 0 Å². The second-order valence-corrected chi connectivity index (χ2v) is 6.38. The van der Waals surface area contributed by atoms with Gasteiger partial charge in [0.25, 0.3) is 0 Å². The monoisotopic (exact) mass is 389 g/mol. The van der Waals surface area contributed by atoms with E-state index in [9.17, 15) is 23.2 Å². The average Bonchev–Trinajstić information content (AvgIpc) is 2.62. The molecule has 8 heteroatoms. The van der Waals surface area contributed by atoms with Crippen molar-refractivity contribution in [2.45, 2.75) is 31.8 Å². The topological polar surface area (TPSA) is 101 Å². The number of rotatable bonds is 8. The van der Waals surface area contributed by atoms with Gasteiger partial charge in [-0.2, -0.15) is 0 Å². The van der Waals surface area contributed by atoms with E-state index < -0.39 is 41.4 Å². The maximum Gasteiger partial charge on any atom is 0.243 e. The van der Waals surface area contributed by atoms with Crippen LogP contribution in [-0.2, 0) is 27.2 Å². The molecule has 2 rings (SSSR count). The molecule has 0 bridgehead atoms. The van der Waals surface area contributed by atoms with Gasteiger partial charge in [-0.25, -0.2) is 8.78 Å². The van der Waals surface area contributed by atoms with Crippen LogP contribution in [0, 0.1) is 11.6 Å². The highest BCUT2D eigenvalue weighted by molar-refractivity contribution is 5.91. The van der Waals surface area contributed by atoms with Crippen LogP contribution < -0.4 is 16.4 Å². The van der Waals surface area contributed by atoms with Crippen molar-refractivity contribution in [3.8, 4) is 0 Å². The van der Waals surface area contributed by atoms with Gasteiger partial charge >= 0.3 is 0 Å². The van der Waals surface area contributed by atoms with E-state index in [2.05, 4.69) is 10.6 Å². The van der Waals surface area contributed by atoms with E-state index in [4.69, 9.17) is 5.73 Å². The Labute approximate surface area is 161 Å². The van der Waals surface area contributed by atoms with E-state index in [0.717, 1.165) is 0 Å². The molecule has 0 aromatic heterocycles. The van der Waals surface area contributed by atoms with E-state index in [1.54, 1.807) is 6.07 Å². The molecule has 148 valence electrons. The molecular formula is C20H21F2N3O3. The maximum atomic E-state index is 13.3. The molecule has 0 aliphatic rings. The third-order valence-electron chi connectivity index (χ3n) is 4.04. The highest BCUT2D eigenvalue weighted by atomic mass is 19.1. The predicted molar refractivity (Wildman–Crippen MR) is 98.9 cm³/mol. The molecule has 0 aliphatic heterocycles. The Kier molecular flexibility index (Phi) is 7.20. The van der Waals surface area contributed by atoms with Crippen LogP contribution in [0.5, 0.6) is 0 Å². The number of nitrogens with two attached hydrogens (primary N) is 1.